The van der Waals surface area contributed by atoms with E-state index in [-0.39, 0.29) is 18.0 Å². The number of ether oxygens (including phenoxy) is 3. The van der Waals surface area contributed by atoms with E-state index in [4.69, 9.17) is 14.2 Å². The maximum absolute atomic E-state index is 11.6. The van der Waals surface area contributed by atoms with Crippen LogP contribution in [0.2, 0.25) is 0 Å². The molecule has 0 aromatic heterocycles. The van der Waals surface area contributed by atoms with E-state index in [1.807, 2.05) is 6.92 Å². The molecule has 0 aromatic carbocycles. The topological polar surface area (TPSA) is 44.8 Å². The number of hydrogen-bond donors (Lipinski definition) is 0. The normalized spacial score (nSPS) is 28.9. The lowest BCUT2D eigenvalue weighted by Gasteiger charge is -2.10. The molecule has 1 aliphatic heterocycles. The van der Waals surface area contributed by atoms with Crippen LogP contribution in [0.25, 0.3) is 0 Å². The summed E-state index contributed by atoms with van der Waals surface area (Å²) in [6, 6.07) is 0. The van der Waals surface area contributed by atoms with E-state index in [1.54, 1.807) is 7.11 Å². The van der Waals surface area contributed by atoms with Gasteiger partial charge in [0.05, 0.1) is 12.2 Å². The Balaban J connectivity index is 2.14. The van der Waals surface area contributed by atoms with Gasteiger partial charge in [0, 0.05) is 13.0 Å². The molecule has 0 radical (unpaired) electrons. The summed E-state index contributed by atoms with van der Waals surface area (Å²) in [6.45, 7) is 2.77. The van der Waals surface area contributed by atoms with Gasteiger partial charge in [-0.25, -0.2) is 4.79 Å². The van der Waals surface area contributed by atoms with E-state index in [0.717, 1.165) is 18.6 Å². The summed E-state index contributed by atoms with van der Waals surface area (Å²) in [5, 5.41) is 0. The van der Waals surface area contributed by atoms with Crippen molar-refractivity contribution < 1.29 is 19.0 Å². The van der Waals surface area contributed by atoms with Crippen LogP contribution in [0, 0.1) is 5.92 Å². The van der Waals surface area contributed by atoms with E-state index in [9.17, 15) is 4.79 Å². The van der Waals surface area contributed by atoms with Gasteiger partial charge in [-0.3, -0.25) is 0 Å². The first-order chi connectivity index (χ1) is 7.27. The largest absolute Gasteiger partial charge is 0.494 e. The van der Waals surface area contributed by atoms with Gasteiger partial charge in [-0.1, -0.05) is 0 Å². The summed E-state index contributed by atoms with van der Waals surface area (Å²) in [7, 11) is 1.68. The molecular weight excluding hydrogens is 196 g/mol. The molecule has 1 aliphatic carbocycles. The molecular formula is C11H16O4. The lowest BCUT2D eigenvalue weighted by molar-refractivity contribution is -0.138. The van der Waals surface area contributed by atoms with Crippen LogP contribution in [0.15, 0.2) is 11.3 Å². The van der Waals surface area contributed by atoms with Crippen molar-refractivity contribution in [2.45, 2.75) is 25.9 Å². The Hall–Kier alpha value is -1.03. The molecule has 1 heterocycles. The first-order valence-electron chi connectivity index (χ1n) is 5.33. The maximum Gasteiger partial charge on any atom is 0.337 e. The Labute approximate surface area is 89.2 Å². The molecule has 2 aliphatic rings. The van der Waals surface area contributed by atoms with E-state index in [2.05, 4.69) is 0 Å². The molecule has 1 fully saturated rings. The highest BCUT2D eigenvalue weighted by atomic mass is 16.6. The Morgan fingerprint density at radius 2 is 2.40 bits per heavy atom. The van der Waals surface area contributed by atoms with Gasteiger partial charge in [-0.2, -0.15) is 0 Å². The minimum Gasteiger partial charge on any atom is -0.494 e. The molecule has 0 unspecified atom stereocenters. The van der Waals surface area contributed by atoms with Gasteiger partial charge in [-0.05, 0) is 19.8 Å². The van der Waals surface area contributed by atoms with Gasteiger partial charge in [0.2, 0.25) is 0 Å². The fraction of sp³-hybridized carbons (Fsp3) is 0.727. The van der Waals surface area contributed by atoms with Crippen LogP contribution >= 0.6 is 0 Å². The Morgan fingerprint density at radius 1 is 1.60 bits per heavy atom. The van der Waals surface area contributed by atoms with E-state index >= 15 is 0 Å². The van der Waals surface area contributed by atoms with Crippen LogP contribution < -0.4 is 0 Å². The van der Waals surface area contributed by atoms with Gasteiger partial charge >= 0.3 is 5.97 Å². The zero-order chi connectivity index (χ0) is 10.8. The fourth-order valence-electron chi connectivity index (χ4n) is 2.27. The van der Waals surface area contributed by atoms with Crippen molar-refractivity contribution in [3.63, 3.8) is 0 Å². The van der Waals surface area contributed by atoms with Crippen molar-refractivity contribution in [2.24, 2.45) is 5.92 Å². The van der Waals surface area contributed by atoms with Crippen LogP contribution in [0.1, 0.15) is 19.8 Å². The zero-order valence-electron chi connectivity index (χ0n) is 9.12. The Morgan fingerprint density at radius 3 is 3.07 bits per heavy atom. The van der Waals surface area contributed by atoms with E-state index in [0.29, 0.717) is 18.8 Å². The Kier molecular flexibility index (Phi) is 2.95. The predicted octanol–water partition coefficient (Wildman–Crippen LogP) is 1.26. The summed E-state index contributed by atoms with van der Waals surface area (Å²) in [4.78, 5) is 11.6. The number of fused-ring (bicyclic) bond motifs is 1. The van der Waals surface area contributed by atoms with E-state index in [1.165, 1.54) is 0 Å². The van der Waals surface area contributed by atoms with Crippen LogP contribution in [0.4, 0.5) is 0 Å². The third-order valence-electron chi connectivity index (χ3n) is 3.02. The van der Waals surface area contributed by atoms with Crippen molar-refractivity contribution in [1.82, 2.24) is 0 Å². The number of carbonyl (C=O) groups excluding carboxylic acids is 1. The second-order valence-electron chi connectivity index (χ2n) is 3.79. The number of rotatable bonds is 3. The van der Waals surface area contributed by atoms with Gasteiger partial charge in [0.15, 0.2) is 0 Å². The molecule has 0 aromatic rings. The first-order valence-corrected chi connectivity index (χ1v) is 5.33. The zero-order valence-corrected chi connectivity index (χ0v) is 9.12. The maximum atomic E-state index is 11.6. The molecule has 0 bridgehead atoms. The molecule has 1 saturated heterocycles. The lowest BCUT2D eigenvalue weighted by atomic mass is 10.0. The standard InChI is InChI=1S/C11H16O4/c1-3-14-11(12)8-5-4-7-9(13-2)6-15-10(7)8/h7,9H,3-6H2,1-2H3/t7-,9-/m1/s1. The molecule has 84 valence electrons. The quantitative estimate of drug-likeness (QED) is 0.661. The van der Waals surface area contributed by atoms with Crippen molar-refractivity contribution >= 4 is 5.97 Å². The highest BCUT2D eigenvalue weighted by molar-refractivity contribution is 5.89. The van der Waals surface area contributed by atoms with Crippen LogP contribution in [0.5, 0.6) is 0 Å². The average molecular weight is 212 g/mol. The van der Waals surface area contributed by atoms with Gasteiger partial charge in [-0.15, -0.1) is 0 Å². The summed E-state index contributed by atoms with van der Waals surface area (Å²) in [5.74, 6) is 0.835. The SMILES string of the molecule is CCOC(=O)C1=C2OC[C@@H](OC)[C@H]2CC1. The molecule has 0 spiro atoms. The minimum atomic E-state index is -0.230. The highest BCUT2D eigenvalue weighted by Crippen LogP contribution is 2.41. The second-order valence-corrected chi connectivity index (χ2v) is 3.79. The van der Waals surface area contributed by atoms with Crippen LogP contribution in [0.3, 0.4) is 0 Å². The minimum absolute atomic E-state index is 0.104. The summed E-state index contributed by atoms with van der Waals surface area (Å²) in [6.07, 6.45) is 1.78. The van der Waals surface area contributed by atoms with Crippen LogP contribution in [-0.4, -0.2) is 32.4 Å². The third-order valence-corrected chi connectivity index (χ3v) is 3.02. The molecule has 0 amide bonds. The molecule has 0 N–H and O–H groups in total. The Bertz CT molecular complexity index is 295. The van der Waals surface area contributed by atoms with Crippen molar-refractivity contribution in [3.8, 4) is 0 Å². The number of methoxy groups -OCH3 is 1. The van der Waals surface area contributed by atoms with Crippen molar-refractivity contribution in [3.05, 3.63) is 11.3 Å². The lowest BCUT2D eigenvalue weighted by Crippen LogP contribution is -2.18. The molecule has 2 rings (SSSR count). The molecule has 4 nitrogen and oxygen atoms in total. The fourth-order valence-corrected chi connectivity index (χ4v) is 2.27. The second kappa shape index (κ2) is 4.23. The predicted molar refractivity (Wildman–Crippen MR) is 53.1 cm³/mol. The number of hydrogen-bond acceptors (Lipinski definition) is 4. The summed E-state index contributed by atoms with van der Waals surface area (Å²) in [5.41, 5.74) is 0.710. The average Bonchev–Trinajstić information content (AvgIpc) is 2.77. The molecule has 15 heavy (non-hydrogen) atoms. The van der Waals surface area contributed by atoms with Crippen LogP contribution in [-0.2, 0) is 19.0 Å². The molecule has 2 atom stereocenters. The molecule has 4 heteroatoms. The number of esters is 1. The van der Waals surface area contributed by atoms with Gasteiger partial charge < -0.3 is 14.2 Å². The number of carbonyl (C=O) groups is 1. The van der Waals surface area contributed by atoms with Crippen molar-refractivity contribution in [2.75, 3.05) is 20.3 Å². The summed E-state index contributed by atoms with van der Waals surface area (Å²) >= 11 is 0. The first kappa shape index (κ1) is 10.5. The van der Waals surface area contributed by atoms with Crippen molar-refractivity contribution in [1.29, 1.82) is 0 Å². The highest BCUT2D eigenvalue weighted by Gasteiger charge is 2.41. The van der Waals surface area contributed by atoms with Gasteiger partial charge in [0.1, 0.15) is 18.5 Å². The van der Waals surface area contributed by atoms with Gasteiger partial charge in [0.25, 0.3) is 0 Å². The monoisotopic (exact) mass is 212 g/mol. The molecule has 0 saturated carbocycles. The third kappa shape index (κ3) is 1.74. The summed E-state index contributed by atoms with van der Waals surface area (Å²) < 4.78 is 15.8. The van der Waals surface area contributed by atoms with E-state index < -0.39 is 0 Å². The smallest absolute Gasteiger partial charge is 0.337 e.